The Morgan fingerprint density at radius 1 is 0.667 bits per heavy atom. The van der Waals surface area contributed by atoms with E-state index in [1.54, 1.807) is 0 Å². The first-order valence-corrected chi connectivity index (χ1v) is 11.8. The van der Waals surface area contributed by atoms with Crippen LogP contribution in [0.4, 0.5) is 0 Å². The van der Waals surface area contributed by atoms with Crippen LogP contribution in [0.15, 0.2) is 91.0 Å². The highest BCUT2D eigenvalue weighted by atomic mass is 16.7. The van der Waals surface area contributed by atoms with Gasteiger partial charge in [-0.15, -0.1) is 0 Å². The molecule has 0 saturated carbocycles. The molecule has 3 aromatic rings. The molecule has 3 aromatic carbocycles. The van der Waals surface area contributed by atoms with Crippen molar-refractivity contribution in [2.24, 2.45) is 0 Å². The molecule has 0 N–H and O–H groups in total. The summed E-state index contributed by atoms with van der Waals surface area (Å²) in [5.41, 5.74) is 7.73. The maximum atomic E-state index is 6.39. The minimum absolute atomic E-state index is 0.371. The molecule has 0 bridgehead atoms. The molecule has 5 rings (SSSR count). The van der Waals surface area contributed by atoms with E-state index in [0.717, 1.165) is 18.3 Å². The average Bonchev–Trinajstić information content (AvgIpc) is 3.07. The third-order valence-electron chi connectivity index (χ3n) is 7.19. The Kier molecular flexibility index (Phi) is 5.64. The van der Waals surface area contributed by atoms with E-state index in [1.165, 1.54) is 33.4 Å². The first-order chi connectivity index (χ1) is 15.8. The molecule has 166 valence electrons. The van der Waals surface area contributed by atoms with E-state index in [4.69, 9.17) is 9.31 Å². The lowest BCUT2D eigenvalue weighted by Crippen LogP contribution is -2.41. The molecule has 0 unspecified atom stereocenters. The first-order valence-electron chi connectivity index (χ1n) is 11.8. The minimum Gasteiger partial charge on any atom is -0.399 e. The van der Waals surface area contributed by atoms with Crippen LogP contribution >= 0.6 is 0 Å². The second-order valence-corrected chi connectivity index (χ2v) is 10.0. The van der Waals surface area contributed by atoms with Crippen LogP contribution in [0.1, 0.15) is 46.1 Å². The minimum atomic E-state index is -0.393. The van der Waals surface area contributed by atoms with Crippen LogP contribution in [0.5, 0.6) is 0 Å². The molecule has 0 amide bonds. The molecule has 1 heterocycles. The van der Waals surface area contributed by atoms with Gasteiger partial charge in [-0.3, -0.25) is 0 Å². The first kappa shape index (κ1) is 21.9. The molecule has 0 spiro atoms. The van der Waals surface area contributed by atoms with Crippen molar-refractivity contribution in [3.05, 3.63) is 96.6 Å². The fourth-order valence-electron chi connectivity index (χ4n) is 4.45. The third-order valence-corrected chi connectivity index (χ3v) is 7.19. The Balaban J connectivity index is 1.55. The van der Waals surface area contributed by atoms with Gasteiger partial charge in [0.05, 0.1) is 11.2 Å². The summed E-state index contributed by atoms with van der Waals surface area (Å²) in [6.07, 6.45) is 8.83. The highest BCUT2D eigenvalue weighted by molar-refractivity contribution is 6.62. The van der Waals surface area contributed by atoms with Crippen LogP contribution in [0.25, 0.3) is 27.8 Å². The van der Waals surface area contributed by atoms with Gasteiger partial charge in [-0.05, 0) is 85.5 Å². The number of benzene rings is 3. The van der Waals surface area contributed by atoms with Gasteiger partial charge in [-0.2, -0.15) is 0 Å². The molecule has 1 saturated heterocycles. The molecule has 1 aliphatic heterocycles. The van der Waals surface area contributed by atoms with E-state index in [-0.39, 0.29) is 11.2 Å². The van der Waals surface area contributed by atoms with Crippen LogP contribution in [-0.4, -0.2) is 18.3 Å². The van der Waals surface area contributed by atoms with Crippen molar-refractivity contribution in [1.82, 2.24) is 0 Å². The smallest absolute Gasteiger partial charge is 0.399 e. The van der Waals surface area contributed by atoms with E-state index < -0.39 is 7.12 Å². The monoisotopic (exact) mass is 434 g/mol. The summed E-state index contributed by atoms with van der Waals surface area (Å²) < 4.78 is 12.8. The summed E-state index contributed by atoms with van der Waals surface area (Å²) in [5, 5.41) is 0. The van der Waals surface area contributed by atoms with E-state index in [9.17, 15) is 0 Å². The van der Waals surface area contributed by atoms with Gasteiger partial charge in [0.25, 0.3) is 0 Å². The molecule has 3 heteroatoms. The Morgan fingerprint density at radius 2 is 1.24 bits per heavy atom. The van der Waals surface area contributed by atoms with Crippen molar-refractivity contribution < 1.29 is 9.31 Å². The molecule has 0 atom stereocenters. The van der Waals surface area contributed by atoms with Crippen molar-refractivity contribution in [1.29, 1.82) is 0 Å². The van der Waals surface area contributed by atoms with Gasteiger partial charge < -0.3 is 9.31 Å². The predicted molar refractivity (Wildman–Crippen MR) is 139 cm³/mol. The van der Waals surface area contributed by atoms with E-state index in [1.807, 2.05) is 0 Å². The van der Waals surface area contributed by atoms with Crippen molar-refractivity contribution in [3.8, 4) is 22.3 Å². The van der Waals surface area contributed by atoms with Crippen molar-refractivity contribution in [2.45, 2.75) is 51.7 Å². The topological polar surface area (TPSA) is 18.5 Å². The summed E-state index contributed by atoms with van der Waals surface area (Å²) in [6.45, 7) is 8.40. The maximum absolute atomic E-state index is 6.39. The third kappa shape index (κ3) is 4.36. The zero-order valence-corrected chi connectivity index (χ0v) is 20.0. The SMILES string of the molecule is CC1(C)OB(c2cc(-c3ccccc3)cc(-c3ccc(C4=CC=CCC4)cc3)c2)OC1(C)C. The Labute approximate surface area is 198 Å². The zero-order valence-electron chi connectivity index (χ0n) is 20.0. The molecular formula is C30H31BO2. The van der Waals surface area contributed by atoms with E-state index in [2.05, 4.69) is 119 Å². The second kappa shape index (κ2) is 8.48. The molecular weight excluding hydrogens is 403 g/mol. The molecule has 1 aliphatic carbocycles. The Bertz CT molecular complexity index is 1190. The number of hydrogen-bond donors (Lipinski definition) is 0. The van der Waals surface area contributed by atoms with Crippen LogP contribution < -0.4 is 5.46 Å². The van der Waals surface area contributed by atoms with Gasteiger partial charge in [-0.25, -0.2) is 0 Å². The van der Waals surface area contributed by atoms with Gasteiger partial charge in [-0.1, -0.05) is 85.0 Å². The molecule has 2 aliphatic rings. The number of hydrogen-bond acceptors (Lipinski definition) is 2. The van der Waals surface area contributed by atoms with Crippen molar-refractivity contribution >= 4 is 18.2 Å². The lowest BCUT2D eigenvalue weighted by molar-refractivity contribution is 0.00578. The van der Waals surface area contributed by atoms with Crippen LogP contribution in [-0.2, 0) is 9.31 Å². The van der Waals surface area contributed by atoms with Gasteiger partial charge in [0.15, 0.2) is 0 Å². The van der Waals surface area contributed by atoms with E-state index >= 15 is 0 Å². The lowest BCUT2D eigenvalue weighted by Gasteiger charge is -2.32. The van der Waals surface area contributed by atoms with Gasteiger partial charge in [0, 0.05) is 0 Å². The van der Waals surface area contributed by atoms with Crippen LogP contribution in [0.2, 0.25) is 0 Å². The standard InChI is InChI=1S/C30H31BO2/c1-29(2)30(3,4)33-31(32-29)28-20-26(23-13-9-6-10-14-23)19-27(21-28)25-17-15-24(16-18-25)22-11-7-5-8-12-22/h5-7,9-11,13-21H,8,12H2,1-4H3. The fraction of sp³-hybridized carbons (Fsp3) is 0.267. The summed E-state index contributed by atoms with van der Waals surface area (Å²) in [6, 6.07) is 26.1. The summed E-state index contributed by atoms with van der Waals surface area (Å²) in [7, 11) is -0.393. The summed E-state index contributed by atoms with van der Waals surface area (Å²) >= 11 is 0. The zero-order chi connectivity index (χ0) is 23.1. The van der Waals surface area contributed by atoms with Gasteiger partial charge in [0.2, 0.25) is 0 Å². The molecule has 0 radical (unpaired) electrons. The second-order valence-electron chi connectivity index (χ2n) is 10.0. The Morgan fingerprint density at radius 3 is 1.82 bits per heavy atom. The van der Waals surface area contributed by atoms with Crippen LogP contribution in [0, 0.1) is 0 Å². The lowest BCUT2D eigenvalue weighted by atomic mass is 9.76. The fourth-order valence-corrected chi connectivity index (χ4v) is 4.45. The highest BCUT2D eigenvalue weighted by Gasteiger charge is 2.51. The molecule has 2 nitrogen and oxygen atoms in total. The van der Waals surface area contributed by atoms with Crippen LogP contribution in [0.3, 0.4) is 0 Å². The van der Waals surface area contributed by atoms with Gasteiger partial charge >= 0.3 is 7.12 Å². The number of rotatable bonds is 4. The maximum Gasteiger partial charge on any atom is 0.494 e. The van der Waals surface area contributed by atoms with Crippen molar-refractivity contribution in [2.75, 3.05) is 0 Å². The van der Waals surface area contributed by atoms with Crippen molar-refractivity contribution in [3.63, 3.8) is 0 Å². The van der Waals surface area contributed by atoms with Gasteiger partial charge in [0.1, 0.15) is 0 Å². The predicted octanol–water partition coefficient (Wildman–Crippen LogP) is 7.05. The molecule has 0 aromatic heterocycles. The largest absolute Gasteiger partial charge is 0.494 e. The number of allylic oxidation sites excluding steroid dienone is 4. The quantitative estimate of drug-likeness (QED) is 0.410. The highest BCUT2D eigenvalue weighted by Crippen LogP contribution is 2.37. The summed E-state index contributed by atoms with van der Waals surface area (Å²) in [4.78, 5) is 0. The average molecular weight is 434 g/mol. The van der Waals surface area contributed by atoms with E-state index in [0.29, 0.717) is 0 Å². The normalized spacial score (nSPS) is 18.9. The molecule has 33 heavy (non-hydrogen) atoms. The Hall–Kier alpha value is -2.88. The molecule has 1 fully saturated rings. The summed E-state index contributed by atoms with van der Waals surface area (Å²) in [5.74, 6) is 0.